The Balaban J connectivity index is 1.64. The van der Waals surface area contributed by atoms with E-state index < -0.39 is 0 Å². The van der Waals surface area contributed by atoms with Gasteiger partial charge in [-0.3, -0.25) is 4.79 Å². The Morgan fingerprint density at radius 2 is 1.85 bits per heavy atom. The van der Waals surface area contributed by atoms with E-state index in [2.05, 4.69) is 34.6 Å². The number of ether oxygens (including phenoxy) is 1. The Morgan fingerprint density at radius 3 is 2.59 bits per heavy atom. The van der Waals surface area contributed by atoms with Gasteiger partial charge in [-0.25, -0.2) is 0 Å². The summed E-state index contributed by atoms with van der Waals surface area (Å²) in [5.74, 6) is 0.938. The third kappa shape index (κ3) is 3.67. The normalized spacial score (nSPS) is 16.6. The van der Waals surface area contributed by atoms with Crippen molar-refractivity contribution in [3.05, 3.63) is 81.7 Å². The van der Waals surface area contributed by atoms with Crippen LogP contribution in [-0.4, -0.2) is 23.8 Å². The zero-order valence-electron chi connectivity index (χ0n) is 15.5. The summed E-state index contributed by atoms with van der Waals surface area (Å²) in [7, 11) is 0. The number of rotatable bonds is 5. The van der Waals surface area contributed by atoms with Gasteiger partial charge in [0, 0.05) is 23.1 Å². The second-order valence-electron chi connectivity index (χ2n) is 6.67. The lowest BCUT2D eigenvalue weighted by Crippen LogP contribution is -2.19. The quantitative estimate of drug-likeness (QED) is 0.624. The predicted octanol–water partition coefficient (Wildman–Crippen LogP) is 5.71. The van der Waals surface area contributed by atoms with Crippen molar-refractivity contribution >= 4 is 23.2 Å². The molecule has 2 aromatic carbocycles. The molecule has 0 fully saturated rings. The van der Waals surface area contributed by atoms with Crippen LogP contribution in [0.25, 0.3) is 5.70 Å². The first-order valence-electron chi connectivity index (χ1n) is 9.48. The lowest BCUT2D eigenvalue weighted by atomic mass is 10.00. The van der Waals surface area contributed by atoms with Crippen molar-refractivity contribution in [1.29, 1.82) is 0 Å². The lowest BCUT2D eigenvalue weighted by Gasteiger charge is -2.23. The molecule has 0 N–H and O–H groups in total. The Kier molecular flexibility index (Phi) is 5.35. The minimum absolute atomic E-state index is 0.134. The van der Waals surface area contributed by atoms with E-state index in [9.17, 15) is 4.79 Å². The van der Waals surface area contributed by atoms with Gasteiger partial charge >= 0.3 is 0 Å². The van der Waals surface area contributed by atoms with Gasteiger partial charge in [0.15, 0.2) is 5.78 Å². The Bertz CT molecular complexity index is 884. The van der Waals surface area contributed by atoms with Crippen LogP contribution in [-0.2, 0) is 0 Å². The number of hydrogen-bond acceptors (Lipinski definition) is 4. The predicted molar refractivity (Wildman–Crippen MR) is 112 cm³/mol. The number of nitrogens with zero attached hydrogens (tertiary/aromatic N) is 1. The molecule has 0 bridgehead atoms. The number of carbonyl (C=O) groups excluding carboxylic acids is 1. The number of ketones is 1. The second kappa shape index (κ2) is 8.05. The van der Waals surface area contributed by atoms with Crippen molar-refractivity contribution in [2.24, 2.45) is 0 Å². The molecular formula is C23H23NO2S. The molecule has 0 aromatic heterocycles. The number of allylic oxidation sites excluding steroid dienone is 1. The summed E-state index contributed by atoms with van der Waals surface area (Å²) in [5, 5.41) is 3.28. The summed E-state index contributed by atoms with van der Waals surface area (Å²) in [5.41, 5.74) is 4.07. The molecule has 0 atom stereocenters. The number of carbonyl (C=O) groups is 1. The third-order valence-corrected chi connectivity index (χ3v) is 5.94. The maximum atomic E-state index is 13.2. The molecule has 27 heavy (non-hydrogen) atoms. The van der Waals surface area contributed by atoms with E-state index in [-0.39, 0.29) is 5.78 Å². The highest BCUT2D eigenvalue weighted by Crippen LogP contribution is 2.44. The van der Waals surface area contributed by atoms with E-state index in [0.29, 0.717) is 6.61 Å². The zero-order chi connectivity index (χ0) is 18.6. The van der Waals surface area contributed by atoms with Gasteiger partial charge in [-0.05, 0) is 56.0 Å². The van der Waals surface area contributed by atoms with Crippen LogP contribution in [0.15, 0.2) is 70.6 Å². The Morgan fingerprint density at radius 1 is 1.07 bits per heavy atom. The van der Waals surface area contributed by atoms with Crippen molar-refractivity contribution in [3.8, 4) is 5.75 Å². The minimum Gasteiger partial charge on any atom is -0.494 e. The van der Waals surface area contributed by atoms with E-state index >= 15 is 0 Å². The molecule has 0 aliphatic carbocycles. The number of Topliss-reactive ketones (excluding diaryl/α,β-unsaturated/α-hetero) is 1. The first-order valence-corrected chi connectivity index (χ1v) is 10.4. The number of thioether (sulfide) groups is 1. The fourth-order valence-electron chi connectivity index (χ4n) is 3.57. The highest BCUT2D eigenvalue weighted by Gasteiger charge is 2.30. The fourth-order valence-corrected chi connectivity index (χ4v) is 4.71. The molecule has 2 aliphatic rings. The average molecular weight is 378 g/mol. The van der Waals surface area contributed by atoms with Crippen LogP contribution in [0.3, 0.4) is 0 Å². The Hall–Kier alpha value is -2.46. The molecule has 0 saturated carbocycles. The smallest absolute Gasteiger partial charge is 0.191 e. The molecule has 2 aliphatic heterocycles. The minimum atomic E-state index is 0.134. The van der Waals surface area contributed by atoms with Gasteiger partial charge in [-0.2, -0.15) is 0 Å². The monoisotopic (exact) mass is 377 g/mol. The fraction of sp³-hybridized carbons (Fsp3) is 0.261. The zero-order valence-corrected chi connectivity index (χ0v) is 16.3. The second-order valence-corrected chi connectivity index (χ2v) is 7.52. The maximum Gasteiger partial charge on any atom is 0.191 e. The molecule has 0 radical (unpaired) electrons. The van der Waals surface area contributed by atoms with Gasteiger partial charge in [-0.1, -0.05) is 42.1 Å². The van der Waals surface area contributed by atoms with Crippen LogP contribution in [0.4, 0.5) is 0 Å². The van der Waals surface area contributed by atoms with Crippen molar-refractivity contribution in [3.63, 3.8) is 0 Å². The van der Waals surface area contributed by atoms with Crippen LogP contribution < -0.4 is 4.74 Å². The van der Waals surface area contributed by atoms with Gasteiger partial charge < -0.3 is 9.64 Å². The lowest BCUT2D eigenvalue weighted by molar-refractivity contribution is 0.102. The van der Waals surface area contributed by atoms with Crippen molar-refractivity contribution in [1.82, 2.24) is 4.90 Å². The summed E-state index contributed by atoms with van der Waals surface area (Å²) in [4.78, 5) is 15.6. The molecule has 2 aromatic rings. The summed E-state index contributed by atoms with van der Waals surface area (Å²) >= 11 is 1.68. The van der Waals surface area contributed by atoms with Gasteiger partial charge in [0.1, 0.15) is 5.75 Å². The van der Waals surface area contributed by atoms with E-state index in [1.165, 1.54) is 11.3 Å². The van der Waals surface area contributed by atoms with E-state index in [1.807, 2.05) is 37.3 Å². The molecule has 138 valence electrons. The molecule has 3 nitrogen and oxygen atoms in total. The largest absolute Gasteiger partial charge is 0.494 e. The van der Waals surface area contributed by atoms with E-state index in [1.54, 1.807) is 11.8 Å². The molecule has 4 rings (SSSR count). The molecule has 0 unspecified atom stereocenters. The first-order chi connectivity index (χ1) is 13.3. The highest BCUT2D eigenvalue weighted by atomic mass is 32.2. The standard InChI is InChI=1S/C23H23NO2S/c1-2-26-19-13-11-18(12-14-19)22(25)20-10-6-7-15-24-21(16-27-23(20)24)17-8-4-3-5-9-17/h3-5,8-9,11-14,16H,2,6-7,10,15H2,1H3. The van der Waals surface area contributed by atoms with Crippen LogP contribution in [0.1, 0.15) is 42.1 Å². The average Bonchev–Trinajstić information content (AvgIpc) is 3.01. The van der Waals surface area contributed by atoms with Crippen LogP contribution >= 0.6 is 11.8 Å². The SMILES string of the molecule is CCOc1ccc(C(=O)C2=C3SC=C(c4ccccc4)N3CCCC2)cc1. The van der Waals surface area contributed by atoms with Gasteiger partial charge in [0.25, 0.3) is 0 Å². The van der Waals surface area contributed by atoms with Gasteiger partial charge in [-0.15, -0.1) is 0 Å². The molecule has 2 heterocycles. The molecule has 0 amide bonds. The molecule has 0 spiro atoms. The highest BCUT2D eigenvalue weighted by molar-refractivity contribution is 8.06. The van der Waals surface area contributed by atoms with Crippen molar-refractivity contribution in [2.75, 3.05) is 13.2 Å². The van der Waals surface area contributed by atoms with Crippen LogP contribution in [0.5, 0.6) is 5.75 Å². The van der Waals surface area contributed by atoms with E-state index in [0.717, 1.165) is 47.7 Å². The summed E-state index contributed by atoms with van der Waals surface area (Å²) in [6.45, 7) is 3.55. The number of benzene rings is 2. The van der Waals surface area contributed by atoms with E-state index in [4.69, 9.17) is 4.74 Å². The first kappa shape index (κ1) is 17.9. The molecular weight excluding hydrogens is 354 g/mol. The molecule has 4 heteroatoms. The van der Waals surface area contributed by atoms with Crippen molar-refractivity contribution < 1.29 is 9.53 Å². The topological polar surface area (TPSA) is 29.5 Å². The summed E-state index contributed by atoms with van der Waals surface area (Å²) in [6, 6.07) is 17.9. The molecule has 0 saturated heterocycles. The Labute approximate surface area is 164 Å². The third-order valence-electron chi connectivity index (χ3n) is 4.91. The summed E-state index contributed by atoms with van der Waals surface area (Å²) in [6.07, 6.45) is 2.97. The van der Waals surface area contributed by atoms with Crippen LogP contribution in [0.2, 0.25) is 0 Å². The number of hydrogen-bond donors (Lipinski definition) is 0. The summed E-state index contributed by atoms with van der Waals surface area (Å²) < 4.78 is 5.49. The maximum absolute atomic E-state index is 13.2. The number of fused-ring (bicyclic) bond motifs is 1. The van der Waals surface area contributed by atoms with Crippen LogP contribution in [0, 0.1) is 0 Å². The van der Waals surface area contributed by atoms with Crippen molar-refractivity contribution in [2.45, 2.75) is 26.2 Å². The van der Waals surface area contributed by atoms with Gasteiger partial charge in [0.05, 0.1) is 17.3 Å². The van der Waals surface area contributed by atoms with Gasteiger partial charge in [0.2, 0.25) is 0 Å².